The molecule has 2 fully saturated rings. The first-order valence-electron chi connectivity index (χ1n) is 5.88. The number of aryl methyl sites for hydroxylation is 1. The van der Waals surface area contributed by atoms with Crippen LogP contribution in [0.4, 0.5) is 0 Å². The van der Waals surface area contributed by atoms with Gasteiger partial charge in [-0.3, -0.25) is 0 Å². The molecule has 0 aromatic carbocycles. The van der Waals surface area contributed by atoms with E-state index in [1.165, 1.54) is 11.3 Å². The third kappa shape index (κ3) is 1.83. The molecule has 0 bridgehead atoms. The Bertz CT molecular complexity index is 523. The number of hydrogen-bond donors (Lipinski definition) is 1. The van der Waals surface area contributed by atoms with Crippen molar-refractivity contribution in [1.82, 2.24) is 9.62 Å². The van der Waals surface area contributed by atoms with Gasteiger partial charge in [0.15, 0.2) is 0 Å². The zero-order chi connectivity index (χ0) is 12.0. The molecule has 0 unspecified atom stereocenters. The Kier molecular flexibility index (Phi) is 2.77. The third-order valence-corrected chi connectivity index (χ3v) is 7.07. The van der Waals surface area contributed by atoms with Crippen LogP contribution in [0.5, 0.6) is 0 Å². The lowest BCUT2D eigenvalue weighted by Crippen LogP contribution is -2.38. The van der Waals surface area contributed by atoms with Crippen molar-refractivity contribution in [2.75, 3.05) is 19.6 Å². The van der Waals surface area contributed by atoms with Gasteiger partial charge >= 0.3 is 0 Å². The molecule has 0 amide bonds. The molecule has 3 heterocycles. The highest BCUT2D eigenvalue weighted by molar-refractivity contribution is 7.91. The van der Waals surface area contributed by atoms with Crippen LogP contribution in [0.3, 0.4) is 0 Å². The van der Waals surface area contributed by atoms with Gasteiger partial charge in [0.05, 0.1) is 0 Å². The fourth-order valence-corrected chi connectivity index (χ4v) is 5.89. The number of thiophene rings is 1. The fraction of sp³-hybridized carbons (Fsp3) is 0.636. The third-order valence-electron chi connectivity index (χ3n) is 3.67. The Morgan fingerprint density at radius 3 is 2.94 bits per heavy atom. The zero-order valence-electron chi connectivity index (χ0n) is 9.72. The highest BCUT2D eigenvalue weighted by Gasteiger charge is 2.44. The second-order valence-corrected chi connectivity index (χ2v) is 8.16. The van der Waals surface area contributed by atoms with Gasteiger partial charge in [-0.1, -0.05) is 0 Å². The van der Waals surface area contributed by atoms with Crippen molar-refractivity contribution < 1.29 is 8.42 Å². The molecular weight excluding hydrogens is 256 g/mol. The van der Waals surface area contributed by atoms with Crippen molar-refractivity contribution in [2.24, 2.45) is 5.92 Å². The molecule has 1 N–H and O–H groups in total. The van der Waals surface area contributed by atoms with E-state index >= 15 is 0 Å². The van der Waals surface area contributed by atoms with Gasteiger partial charge < -0.3 is 5.32 Å². The van der Waals surface area contributed by atoms with Crippen molar-refractivity contribution in [1.29, 1.82) is 0 Å². The van der Waals surface area contributed by atoms with E-state index in [9.17, 15) is 8.42 Å². The van der Waals surface area contributed by atoms with Crippen LogP contribution in [0.1, 0.15) is 11.3 Å². The fourth-order valence-electron chi connectivity index (χ4n) is 2.77. The summed E-state index contributed by atoms with van der Waals surface area (Å²) >= 11 is 1.37. The standard InChI is InChI=1S/C11H16N2O2S2/c1-8-2-3-11(16-8)17(14,15)13-5-4-9-6-12-7-10(9)13/h2-3,9-10,12H,4-7H2,1H3/t9-,10+/m1/s1. The maximum absolute atomic E-state index is 12.5. The quantitative estimate of drug-likeness (QED) is 0.875. The predicted octanol–water partition coefficient (Wildman–Crippen LogP) is 1.04. The largest absolute Gasteiger partial charge is 0.315 e. The Balaban J connectivity index is 1.93. The van der Waals surface area contributed by atoms with E-state index in [0.29, 0.717) is 16.7 Å². The lowest BCUT2D eigenvalue weighted by molar-refractivity contribution is 0.384. The highest BCUT2D eigenvalue weighted by Crippen LogP contribution is 2.34. The number of hydrogen-bond acceptors (Lipinski definition) is 4. The van der Waals surface area contributed by atoms with E-state index in [1.54, 1.807) is 10.4 Å². The van der Waals surface area contributed by atoms with Gasteiger partial charge in [-0.25, -0.2) is 8.42 Å². The normalized spacial score (nSPS) is 29.7. The van der Waals surface area contributed by atoms with E-state index in [2.05, 4.69) is 5.32 Å². The van der Waals surface area contributed by atoms with Crippen LogP contribution in [0.25, 0.3) is 0 Å². The average Bonchev–Trinajstić information content (AvgIpc) is 2.89. The predicted molar refractivity (Wildman–Crippen MR) is 67.7 cm³/mol. The molecule has 4 nitrogen and oxygen atoms in total. The highest BCUT2D eigenvalue weighted by atomic mass is 32.2. The summed E-state index contributed by atoms with van der Waals surface area (Å²) in [4.78, 5) is 1.05. The maximum atomic E-state index is 12.5. The van der Waals surface area contributed by atoms with Crippen LogP contribution >= 0.6 is 11.3 Å². The van der Waals surface area contributed by atoms with E-state index in [4.69, 9.17) is 0 Å². The zero-order valence-corrected chi connectivity index (χ0v) is 11.4. The van der Waals surface area contributed by atoms with Gasteiger partial charge in [0.2, 0.25) is 0 Å². The molecule has 1 aromatic rings. The molecule has 0 radical (unpaired) electrons. The molecule has 6 heteroatoms. The van der Waals surface area contributed by atoms with Crippen molar-refractivity contribution in [2.45, 2.75) is 23.6 Å². The Hall–Kier alpha value is -0.430. The molecule has 94 valence electrons. The molecule has 1 aromatic heterocycles. The molecule has 2 saturated heterocycles. The minimum absolute atomic E-state index is 0.169. The monoisotopic (exact) mass is 272 g/mol. The summed E-state index contributed by atoms with van der Waals surface area (Å²) in [6.45, 7) is 4.37. The Morgan fingerprint density at radius 2 is 2.24 bits per heavy atom. The van der Waals surface area contributed by atoms with Crippen LogP contribution in [-0.2, 0) is 10.0 Å². The van der Waals surface area contributed by atoms with Gasteiger partial charge in [0.1, 0.15) is 4.21 Å². The number of fused-ring (bicyclic) bond motifs is 1. The van der Waals surface area contributed by atoms with Gasteiger partial charge in [-0.2, -0.15) is 4.31 Å². The summed E-state index contributed by atoms with van der Waals surface area (Å²) in [6, 6.07) is 3.77. The molecule has 0 aliphatic carbocycles. The molecule has 3 rings (SSSR count). The summed E-state index contributed by atoms with van der Waals surface area (Å²) in [7, 11) is -3.26. The Labute approximate surface area is 106 Å². The van der Waals surface area contributed by atoms with Crippen molar-refractivity contribution in [3.05, 3.63) is 17.0 Å². The number of rotatable bonds is 2. The topological polar surface area (TPSA) is 49.4 Å². The van der Waals surface area contributed by atoms with Crippen LogP contribution < -0.4 is 5.32 Å². The molecule has 17 heavy (non-hydrogen) atoms. The molecule has 2 aliphatic rings. The van der Waals surface area contributed by atoms with Gasteiger partial charge in [-0.15, -0.1) is 11.3 Å². The minimum Gasteiger partial charge on any atom is -0.315 e. The average molecular weight is 272 g/mol. The van der Waals surface area contributed by atoms with E-state index < -0.39 is 10.0 Å². The van der Waals surface area contributed by atoms with Gasteiger partial charge in [0, 0.05) is 24.0 Å². The molecule has 2 aliphatic heterocycles. The Morgan fingerprint density at radius 1 is 1.41 bits per heavy atom. The second kappa shape index (κ2) is 4.05. The smallest absolute Gasteiger partial charge is 0.252 e. The SMILES string of the molecule is Cc1ccc(S(=O)(=O)N2CC[C@@H]3CNC[C@@H]32)s1. The number of sulfonamides is 1. The summed E-state index contributed by atoms with van der Waals surface area (Å²) in [5.41, 5.74) is 0. The molecule has 0 saturated carbocycles. The summed E-state index contributed by atoms with van der Waals surface area (Å²) in [6.07, 6.45) is 0.987. The second-order valence-electron chi connectivity index (χ2n) is 4.76. The summed E-state index contributed by atoms with van der Waals surface area (Å²) in [5, 5.41) is 3.28. The van der Waals surface area contributed by atoms with Crippen molar-refractivity contribution >= 4 is 21.4 Å². The maximum Gasteiger partial charge on any atom is 0.252 e. The molecule has 2 atom stereocenters. The van der Waals surface area contributed by atoms with Crippen LogP contribution in [-0.4, -0.2) is 38.4 Å². The van der Waals surface area contributed by atoms with Crippen LogP contribution in [0, 0.1) is 12.8 Å². The molecular formula is C11H16N2O2S2. The van der Waals surface area contributed by atoms with Crippen molar-refractivity contribution in [3.8, 4) is 0 Å². The lowest BCUT2D eigenvalue weighted by atomic mass is 10.1. The first-order valence-corrected chi connectivity index (χ1v) is 8.14. The van der Waals surface area contributed by atoms with Crippen LogP contribution in [0.15, 0.2) is 16.3 Å². The minimum atomic E-state index is -3.26. The molecule has 0 spiro atoms. The van der Waals surface area contributed by atoms with Gasteiger partial charge in [-0.05, 0) is 37.9 Å². The van der Waals surface area contributed by atoms with E-state index in [1.807, 2.05) is 13.0 Å². The van der Waals surface area contributed by atoms with Crippen molar-refractivity contribution in [3.63, 3.8) is 0 Å². The first-order chi connectivity index (χ1) is 8.09. The summed E-state index contributed by atoms with van der Waals surface area (Å²) in [5.74, 6) is 0.505. The summed E-state index contributed by atoms with van der Waals surface area (Å²) < 4.78 is 27.2. The lowest BCUT2D eigenvalue weighted by Gasteiger charge is -2.21. The number of nitrogens with zero attached hydrogens (tertiary/aromatic N) is 1. The van der Waals surface area contributed by atoms with E-state index in [0.717, 1.165) is 24.4 Å². The van der Waals surface area contributed by atoms with E-state index in [-0.39, 0.29) is 6.04 Å². The van der Waals surface area contributed by atoms with Gasteiger partial charge in [0.25, 0.3) is 10.0 Å². The first kappa shape index (κ1) is 11.6. The number of nitrogens with one attached hydrogen (secondary N) is 1. The van der Waals surface area contributed by atoms with Crippen LogP contribution in [0.2, 0.25) is 0 Å².